The van der Waals surface area contributed by atoms with E-state index in [4.69, 9.17) is 4.42 Å². The number of guanidine groups is 1. The number of nitrogens with one attached hydrogen (secondary N) is 3. The number of rotatable bonds is 8. The van der Waals surface area contributed by atoms with Crippen LogP contribution in [0.2, 0.25) is 0 Å². The lowest BCUT2D eigenvalue weighted by Crippen LogP contribution is -2.36. The Morgan fingerprint density at radius 3 is 2.36 bits per heavy atom. The van der Waals surface area contributed by atoms with E-state index in [1.54, 1.807) is 19.2 Å². The van der Waals surface area contributed by atoms with Crippen LogP contribution < -0.4 is 16.0 Å². The van der Waals surface area contributed by atoms with Crippen LogP contribution in [0.4, 0.5) is 5.69 Å². The highest BCUT2D eigenvalue weighted by Gasteiger charge is 2.11. The van der Waals surface area contributed by atoms with Crippen molar-refractivity contribution in [2.75, 3.05) is 25.5 Å². The average molecular weight is 446 g/mol. The molecule has 1 amide bonds. The zero-order valence-corrected chi connectivity index (χ0v) is 19.0. The van der Waals surface area contributed by atoms with Gasteiger partial charge >= 0.3 is 0 Å². The molecule has 0 unspecified atom stereocenters. The van der Waals surface area contributed by atoms with Gasteiger partial charge in [0.15, 0.2) is 11.7 Å². The molecule has 33 heavy (non-hydrogen) atoms. The molecule has 0 spiro atoms. The second-order valence-corrected chi connectivity index (χ2v) is 8.21. The van der Waals surface area contributed by atoms with Crippen molar-refractivity contribution in [2.24, 2.45) is 4.99 Å². The Balaban J connectivity index is 1.24. The summed E-state index contributed by atoms with van der Waals surface area (Å²) in [6.45, 7) is 4.74. The van der Waals surface area contributed by atoms with Gasteiger partial charge in [0.05, 0.1) is 6.26 Å². The maximum atomic E-state index is 12.2. The highest BCUT2D eigenvalue weighted by Crippen LogP contribution is 2.14. The number of hydrogen-bond acceptors (Lipinski definition) is 4. The number of hydrogen-bond donors (Lipinski definition) is 3. The van der Waals surface area contributed by atoms with Gasteiger partial charge in [0, 0.05) is 32.4 Å². The van der Waals surface area contributed by atoms with Gasteiger partial charge in [-0.1, -0.05) is 36.4 Å². The number of furan rings is 1. The number of aliphatic imine (C=N–C) groups is 1. The van der Waals surface area contributed by atoms with Crippen molar-refractivity contribution < 1.29 is 9.21 Å². The molecule has 0 bridgehead atoms. The first kappa shape index (κ1) is 22.6. The molecule has 4 rings (SSSR count). The number of likely N-dealkylation sites (tertiary alicyclic amines) is 1. The smallest absolute Gasteiger partial charge is 0.291 e. The molecule has 1 aliphatic heterocycles. The molecular formula is C26H31N5O2. The summed E-state index contributed by atoms with van der Waals surface area (Å²) >= 11 is 0. The number of amides is 1. The second-order valence-electron chi connectivity index (χ2n) is 8.21. The maximum Gasteiger partial charge on any atom is 0.291 e. The molecule has 3 N–H and O–H groups in total. The Labute approximate surface area is 194 Å². The number of benzene rings is 2. The Kier molecular flexibility index (Phi) is 7.76. The number of carbonyl (C=O) groups excluding carboxylic acids is 1. The minimum atomic E-state index is -0.269. The average Bonchev–Trinajstić information content (AvgIpc) is 3.55. The molecule has 7 heteroatoms. The highest BCUT2D eigenvalue weighted by atomic mass is 16.3. The third-order valence-electron chi connectivity index (χ3n) is 5.70. The largest absolute Gasteiger partial charge is 0.459 e. The summed E-state index contributed by atoms with van der Waals surface area (Å²) in [6.07, 6.45) is 4.12. The summed E-state index contributed by atoms with van der Waals surface area (Å²) in [4.78, 5) is 19.0. The SMILES string of the molecule is CN=C(NCc1ccc(CN2CCCC2)cc1)NCc1cccc(NC(=O)c2ccco2)c1. The fraction of sp³-hybridized carbons (Fsp3) is 0.308. The van der Waals surface area contributed by atoms with E-state index >= 15 is 0 Å². The van der Waals surface area contributed by atoms with Crippen LogP contribution in [0.15, 0.2) is 76.3 Å². The molecule has 0 atom stereocenters. The summed E-state index contributed by atoms with van der Waals surface area (Å²) in [7, 11) is 1.76. The van der Waals surface area contributed by atoms with E-state index in [0.717, 1.165) is 18.1 Å². The Hall–Kier alpha value is -3.58. The summed E-state index contributed by atoms with van der Waals surface area (Å²) in [5, 5.41) is 9.54. The van der Waals surface area contributed by atoms with E-state index in [-0.39, 0.29) is 11.7 Å². The molecule has 1 aromatic heterocycles. The number of carbonyl (C=O) groups is 1. The lowest BCUT2D eigenvalue weighted by Gasteiger charge is -2.15. The molecule has 2 aromatic carbocycles. The van der Waals surface area contributed by atoms with E-state index in [2.05, 4.69) is 50.1 Å². The third kappa shape index (κ3) is 6.70. The zero-order chi connectivity index (χ0) is 22.9. The molecular weight excluding hydrogens is 414 g/mol. The fourth-order valence-corrected chi connectivity index (χ4v) is 3.91. The minimum absolute atomic E-state index is 0.269. The van der Waals surface area contributed by atoms with Gasteiger partial charge in [-0.3, -0.25) is 14.7 Å². The quantitative estimate of drug-likeness (QED) is 0.361. The molecule has 0 aliphatic carbocycles. The number of anilines is 1. The van der Waals surface area contributed by atoms with Crippen LogP contribution in [0.3, 0.4) is 0 Å². The maximum absolute atomic E-state index is 12.2. The van der Waals surface area contributed by atoms with Crippen molar-refractivity contribution in [2.45, 2.75) is 32.5 Å². The Morgan fingerprint density at radius 2 is 1.67 bits per heavy atom. The topological polar surface area (TPSA) is 81.9 Å². The van der Waals surface area contributed by atoms with Gasteiger partial charge in [-0.15, -0.1) is 0 Å². The molecule has 0 saturated carbocycles. The normalized spacial score (nSPS) is 14.3. The van der Waals surface area contributed by atoms with Gasteiger partial charge in [0.2, 0.25) is 0 Å². The first-order valence-corrected chi connectivity index (χ1v) is 11.4. The van der Waals surface area contributed by atoms with Crippen molar-refractivity contribution in [3.63, 3.8) is 0 Å². The van der Waals surface area contributed by atoms with Gasteiger partial charge in [-0.25, -0.2) is 0 Å². The first-order valence-electron chi connectivity index (χ1n) is 11.4. The third-order valence-corrected chi connectivity index (χ3v) is 5.70. The Bertz CT molecular complexity index is 1050. The molecule has 1 aliphatic rings. The van der Waals surface area contributed by atoms with Crippen LogP contribution in [0.1, 0.15) is 40.1 Å². The van der Waals surface area contributed by atoms with Crippen LogP contribution in [-0.2, 0) is 19.6 Å². The first-order chi connectivity index (χ1) is 16.2. The van der Waals surface area contributed by atoms with Crippen LogP contribution in [0.5, 0.6) is 0 Å². The van der Waals surface area contributed by atoms with E-state index < -0.39 is 0 Å². The van der Waals surface area contributed by atoms with Gasteiger partial charge in [0.25, 0.3) is 5.91 Å². The van der Waals surface area contributed by atoms with E-state index in [9.17, 15) is 4.79 Å². The molecule has 7 nitrogen and oxygen atoms in total. The highest BCUT2D eigenvalue weighted by molar-refractivity contribution is 6.02. The van der Waals surface area contributed by atoms with Crippen molar-refractivity contribution in [1.29, 1.82) is 0 Å². The van der Waals surface area contributed by atoms with Gasteiger partial charge in [-0.2, -0.15) is 0 Å². The summed E-state index contributed by atoms with van der Waals surface area (Å²) < 4.78 is 5.14. The Morgan fingerprint density at radius 1 is 0.939 bits per heavy atom. The van der Waals surface area contributed by atoms with Crippen molar-refractivity contribution >= 4 is 17.6 Å². The van der Waals surface area contributed by atoms with Crippen LogP contribution in [-0.4, -0.2) is 36.9 Å². The summed E-state index contributed by atoms with van der Waals surface area (Å²) in [5.74, 6) is 0.738. The van der Waals surface area contributed by atoms with E-state index in [1.165, 1.54) is 43.3 Å². The zero-order valence-electron chi connectivity index (χ0n) is 19.0. The van der Waals surface area contributed by atoms with Gasteiger partial charge < -0.3 is 20.4 Å². The monoisotopic (exact) mass is 445 g/mol. The van der Waals surface area contributed by atoms with Gasteiger partial charge in [0.1, 0.15) is 0 Å². The molecule has 1 saturated heterocycles. The second kappa shape index (κ2) is 11.3. The van der Waals surface area contributed by atoms with Gasteiger partial charge in [-0.05, 0) is 66.9 Å². The fourth-order valence-electron chi connectivity index (χ4n) is 3.91. The standard InChI is InChI=1S/C26H31N5O2/c1-27-26(28-17-20-9-11-21(12-10-20)19-31-13-2-3-14-31)29-18-22-6-4-7-23(16-22)30-25(32)24-8-5-15-33-24/h4-12,15-16H,2-3,13-14,17-19H2,1H3,(H,30,32)(H2,27,28,29). The lowest BCUT2D eigenvalue weighted by atomic mass is 10.1. The van der Waals surface area contributed by atoms with E-state index in [0.29, 0.717) is 18.8 Å². The molecule has 2 heterocycles. The summed E-state index contributed by atoms with van der Waals surface area (Å²) in [5.41, 5.74) is 4.32. The minimum Gasteiger partial charge on any atom is -0.459 e. The molecule has 172 valence electrons. The van der Waals surface area contributed by atoms with Crippen molar-refractivity contribution in [1.82, 2.24) is 15.5 Å². The van der Waals surface area contributed by atoms with Crippen LogP contribution in [0.25, 0.3) is 0 Å². The van der Waals surface area contributed by atoms with Crippen LogP contribution in [0, 0.1) is 0 Å². The van der Waals surface area contributed by atoms with E-state index in [1.807, 2.05) is 24.3 Å². The predicted octanol–water partition coefficient (Wildman–Crippen LogP) is 3.99. The summed E-state index contributed by atoms with van der Waals surface area (Å²) in [6, 6.07) is 19.8. The lowest BCUT2D eigenvalue weighted by molar-refractivity contribution is 0.0996. The van der Waals surface area contributed by atoms with Crippen molar-refractivity contribution in [3.05, 3.63) is 89.4 Å². The number of nitrogens with zero attached hydrogens (tertiary/aromatic N) is 2. The predicted molar refractivity (Wildman–Crippen MR) is 131 cm³/mol. The van der Waals surface area contributed by atoms with Crippen LogP contribution >= 0.6 is 0 Å². The van der Waals surface area contributed by atoms with Crippen molar-refractivity contribution in [3.8, 4) is 0 Å². The molecule has 0 radical (unpaired) electrons. The molecule has 1 fully saturated rings. The molecule has 3 aromatic rings.